The van der Waals surface area contributed by atoms with Gasteiger partial charge >= 0.3 is 0 Å². The largest absolute Gasteiger partial charge is 0.360 e. The number of hydrogen-bond acceptors (Lipinski definition) is 1. The molecular formula is C17H13ClFNO. The van der Waals surface area contributed by atoms with Crippen LogP contribution in [0.2, 0.25) is 5.02 Å². The van der Waals surface area contributed by atoms with Gasteiger partial charge in [0.05, 0.1) is 10.6 Å². The second kappa shape index (κ2) is 5.34. The summed E-state index contributed by atoms with van der Waals surface area (Å²) in [5.41, 5.74) is 2.50. The molecule has 2 nitrogen and oxygen atoms in total. The fourth-order valence-electron chi connectivity index (χ4n) is 2.52. The Morgan fingerprint density at radius 1 is 1.19 bits per heavy atom. The number of para-hydroxylation sites is 1. The van der Waals surface area contributed by atoms with E-state index in [1.54, 1.807) is 12.3 Å². The van der Waals surface area contributed by atoms with E-state index in [2.05, 4.69) is 4.98 Å². The highest BCUT2D eigenvalue weighted by atomic mass is 35.5. The van der Waals surface area contributed by atoms with Crippen LogP contribution in [0.4, 0.5) is 4.39 Å². The summed E-state index contributed by atoms with van der Waals surface area (Å²) in [5, 5.41) is 0.758. The molecule has 0 bridgehead atoms. The third-order valence-electron chi connectivity index (χ3n) is 3.62. The summed E-state index contributed by atoms with van der Waals surface area (Å²) in [6.45, 7) is 2.05. The third-order valence-corrected chi connectivity index (χ3v) is 3.92. The Morgan fingerprint density at radius 3 is 2.71 bits per heavy atom. The van der Waals surface area contributed by atoms with E-state index in [-0.39, 0.29) is 16.4 Å². The van der Waals surface area contributed by atoms with E-state index in [1.807, 2.05) is 25.1 Å². The van der Waals surface area contributed by atoms with Crippen LogP contribution < -0.4 is 0 Å². The minimum atomic E-state index is -0.676. The van der Waals surface area contributed by atoms with Crippen LogP contribution in [0.25, 0.3) is 10.9 Å². The predicted molar refractivity (Wildman–Crippen MR) is 82.5 cm³/mol. The Labute approximate surface area is 126 Å². The molecule has 0 fully saturated rings. The number of ketones is 1. The van der Waals surface area contributed by atoms with Crippen LogP contribution in [0.1, 0.15) is 28.4 Å². The first kappa shape index (κ1) is 13.8. The first-order chi connectivity index (χ1) is 10.1. The zero-order valence-electron chi connectivity index (χ0n) is 11.4. The fourth-order valence-corrected chi connectivity index (χ4v) is 2.70. The number of H-pyrrole nitrogens is 1. The Kier molecular flexibility index (Phi) is 3.52. The Bertz CT molecular complexity index is 838. The van der Waals surface area contributed by atoms with Crippen molar-refractivity contribution in [1.29, 1.82) is 0 Å². The Hall–Kier alpha value is -2.13. The predicted octanol–water partition coefficient (Wildman–Crippen LogP) is 4.75. The lowest BCUT2D eigenvalue weighted by Gasteiger charge is -2.04. The van der Waals surface area contributed by atoms with Crippen molar-refractivity contribution >= 4 is 28.3 Å². The second-order valence-corrected chi connectivity index (χ2v) is 5.23. The van der Waals surface area contributed by atoms with Crippen LogP contribution in [0, 0.1) is 5.82 Å². The van der Waals surface area contributed by atoms with E-state index < -0.39 is 5.82 Å². The molecule has 0 aliphatic carbocycles. The van der Waals surface area contributed by atoms with Crippen LogP contribution in [-0.4, -0.2) is 10.8 Å². The van der Waals surface area contributed by atoms with E-state index in [4.69, 9.17) is 11.6 Å². The number of benzene rings is 2. The van der Waals surface area contributed by atoms with Crippen LogP contribution in [0.3, 0.4) is 0 Å². The number of carbonyl (C=O) groups excluding carboxylic acids is 1. The first-order valence-corrected chi connectivity index (χ1v) is 7.09. The van der Waals surface area contributed by atoms with Gasteiger partial charge in [0.15, 0.2) is 11.6 Å². The van der Waals surface area contributed by atoms with Crippen molar-refractivity contribution in [3.05, 3.63) is 70.1 Å². The number of nitrogens with one attached hydrogen (secondary N) is 1. The molecule has 0 radical (unpaired) electrons. The smallest absolute Gasteiger partial charge is 0.198 e. The molecule has 3 rings (SSSR count). The number of aromatic nitrogens is 1. The molecule has 0 atom stereocenters. The van der Waals surface area contributed by atoms with Gasteiger partial charge in [0.1, 0.15) is 0 Å². The van der Waals surface area contributed by atoms with Crippen molar-refractivity contribution < 1.29 is 9.18 Å². The lowest BCUT2D eigenvalue weighted by Crippen LogP contribution is -2.04. The van der Waals surface area contributed by atoms with E-state index in [9.17, 15) is 9.18 Å². The quantitative estimate of drug-likeness (QED) is 0.695. The van der Waals surface area contributed by atoms with Crippen LogP contribution in [-0.2, 0) is 6.42 Å². The number of carbonyl (C=O) groups is 1. The molecule has 0 saturated heterocycles. The molecule has 106 valence electrons. The van der Waals surface area contributed by atoms with Gasteiger partial charge < -0.3 is 4.98 Å². The van der Waals surface area contributed by atoms with Crippen molar-refractivity contribution in [3.63, 3.8) is 0 Å². The number of aromatic amines is 1. The normalized spacial score (nSPS) is 11.0. The van der Waals surface area contributed by atoms with E-state index in [0.717, 1.165) is 22.9 Å². The molecule has 0 aliphatic rings. The average molecular weight is 302 g/mol. The third kappa shape index (κ3) is 2.24. The topological polar surface area (TPSA) is 32.9 Å². The zero-order valence-corrected chi connectivity index (χ0v) is 12.2. The molecule has 1 aromatic heterocycles. The van der Waals surface area contributed by atoms with Gasteiger partial charge in [-0.3, -0.25) is 4.79 Å². The molecule has 21 heavy (non-hydrogen) atoms. The maximum atomic E-state index is 14.0. The zero-order chi connectivity index (χ0) is 15.0. The van der Waals surface area contributed by atoms with Gasteiger partial charge in [-0.05, 0) is 24.1 Å². The summed E-state index contributed by atoms with van der Waals surface area (Å²) in [4.78, 5) is 15.7. The van der Waals surface area contributed by atoms with Gasteiger partial charge in [0.25, 0.3) is 0 Å². The van der Waals surface area contributed by atoms with E-state index >= 15 is 0 Å². The highest BCUT2D eigenvalue weighted by molar-refractivity contribution is 6.31. The number of aryl methyl sites for hydroxylation is 1. The SMILES string of the molecule is CCc1cccc2c(C(=O)c3cccc(Cl)c3F)c[nH]c12. The number of hydrogen-bond donors (Lipinski definition) is 1. The Balaban J connectivity index is 2.17. The summed E-state index contributed by atoms with van der Waals surface area (Å²) < 4.78 is 14.0. The number of fused-ring (bicyclic) bond motifs is 1. The van der Waals surface area contributed by atoms with Crippen molar-refractivity contribution in [1.82, 2.24) is 4.98 Å². The van der Waals surface area contributed by atoms with Gasteiger partial charge in [-0.15, -0.1) is 0 Å². The van der Waals surface area contributed by atoms with Crippen molar-refractivity contribution in [3.8, 4) is 0 Å². The average Bonchev–Trinajstić information content (AvgIpc) is 2.93. The minimum absolute atomic E-state index is 0.00898. The highest BCUT2D eigenvalue weighted by Gasteiger charge is 2.19. The van der Waals surface area contributed by atoms with Crippen LogP contribution in [0.5, 0.6) is 0 Å². The van der Waals surface area contributed by atoms with Crippen molar-refractivity contribution in [2.75, 3.05) is 0 Å². The molecule has 3 aromatic rings. The second-order valence-electron chi connectivity index (χ2n) is 4.83. The van der Waals surface area contributed by atoms with Crippen molar-refractivity contribution in [2.45, 2.75) is 13.3 Å². The van der Waals surface area contributed by atoms with Crippen LogP contribution in [0.15, 0.2) is 42.6 Å². The Morgan fingerprint density at radius 2 is 1.95 bits per heavy atom. The van der Waals surface area contributed by atoms with Gasteiger partial charge in [-0.2, -0.15) is 0 Å². The van der Waals surface area contributed by atoms with Crippen LogP contribution >= 0.6 is 11.6 Å². The summed E-state index contributed by atoms with van der Waals surface area (Å²) in [6, 6.07) is 10.2. The molecule has 0 amide bonds. The first-order valence-electron chi connectivity index (χ1n) is 6.71. The maximum Gasteiger partial charge on any atom is 0.198 e. The fraction of sp³-hybridized carbons (Fsp3) is 0.118. The molecule has 2 aromatic carbocycles. The summed E-state index contributed by atoms with van der Waals surface area (Å²) in [7, 11) is 0. The molecule has 0 unspecified atom stereocenters. The molecule has 4 heteroatoms. The molecule has 0 spiro atoms. The maximum absolute atomic E-state index is 14.0. The number of halogens is 2. The molecule has 1 N–H and O–H groups in total. The van der Waals surface area contributed by atoms with Gasteiger partial charge in [0.2, 0.25) is 0 Å². The lowest BCUT2D eigenvalue weighted by molar-refractivity contribution is 0.103. The minimum Gasteiger partial charge on any atom is -0.360 e. The monoisotopic (exact) mass is 301 g/mol. The van der Waals surface area contributed by atoms with Gasteiger partial charge in [-0.1, -0.05) is 42.8 Å². The molecule has 0 saturated carbocycles. The molecule has 0 aliphatic heterocycles. The van der Waals surface area contributed by atoms with E-state index in [0.29, 0.717) is 5.56 Å². The van der Waals surface area contributed by atoms with Gasteiger partial charge in [-0.25, -0.2) is 4.39 Å². The summed E-state index contributed by atoms with van der Waals surface area (Å²) in [5.74, 6) is -1.04. The number of rotatable bonds is 3. The lowest BCUT2D eigenvalue weighted by atomic mass is 10.0. The summed E-state index contributed by atoms with van der Waals surface area (Å²) in [6.07, 6.45) is 2.49. The van der Waals surface area contributed by atoms with Crippen molar-refractivity contribution in [2.24, 2.45) is 0 Å². The highest BCUT2D eigenvalue weighted by Crippen LogP contribution is 2.26. The van der Waals surface area contributed by atoms with Gasteiger partial charge in [0, 0.05) is 22.7 Å². The summed E-state index contributed by atoms with van der Waals surface area (Å²) >= 11 is 5.75. The molecule has 1 heterocycles. The molecular weight excluding hydrogens is 289 g/mol. The van der Waals surface area contributed by atoms with E-state index in [1.165, 1.54) is 12.1 Å². The standard InChI is InChI=1S/C17H13ClFNO/c1-2-10-5-3-6-11-13(9-20-16(10)11)17(21)12-7-4-8-14(18)15(12)19/h3-9,20H,2H2,1H3.